The predicted molar refractivity (Wildman–Crippen MR) is 74.9 cm³/mol. The molecule has 0 aliphatic heterocycles. The van der Waals surface area contributed by atoms with Crippen molar-refractivity contribution in [3.8, 4) is 5.75 Å². The van der Waals surface area contributed by atoms with Crippen LogP contribution in [0.15, 0.2) is 18.2 Å². The topological polar surface area (TPSA) is 113 Å². The fourth-order valence-corrected chi connectivity index (χ4v) is 2.83. The van der Waals surface area contributed by atoms with Crippen LogP contribution < -0.4 is 9.88 Å². The summed E-state index contributed by atoms with van der Waals surface area (Å²) in [4.78, 5) is 10.1. The standard InChI is InChI=1S/C12H17FN2O5S/c1-2-3-9(8-21(14,18)19)7-20-12-6-10(13)4-5-11(12)15(16)17/h4-6,9H,2-3,7-8H2,1H3,(H2,14,18,19). The second-order valence-electron chi connectivity index (χ2n) is 4.66. The Morgan fingerprint density at radius 3 is 2.67 bits per heavy atom. The van der Waals surface area contributed by atoms with Crippen LogP contribution in [0.1, 0.15) is 19.8 Å². The fraction of sp³-hybridized carbons (Fsp3) is 0.500. The Morgan fingerprint density at radius 1 is 1.48 bits per heavy atom. The highest BCUT2D eigenvalue weighted by atomic mass is 32.2. The molecule has 0 aliphatic carbocycles. The molecule has 0 radical (unpaired) electrons. The summed E-state index contributed by atoms with van der Waals surface area (Å²) in [6.45, 7) is 1.77. The number of benzene rings is 1. The minimum atomic E-state index is -3.67. The van der Waals surface area contributed by atoms with Crippen molar-refractivity contribution < 1.29 is 22.5 Å². The number of halogens is 1. The Bertz CT molecular complexity index is 606. The maximum Gasteiger partial charge on any atom is 0.311 e. The Balaban J connectivity index is 2.84. The molecule has 1 aromatic rings. The number of hydrogen-bond acceptors (Lipinski definition) is 5. The Morgan fingerprint density at radius 2 is 2.14 bits per heavy atom. The maximum absolute atomic E-state index is 13.1. The quantitative estimate of drug-likeness (QED) is 0.580. The van der Waals surface area contributed by atoms with Crippen molar-refractivity contribution >= 4 is 15.7 Å². The summed E-state index contributed by atoms with van der Waals surface area (Å²) in [5, 5.41) is 15.8. The fourth-order valence-electron chi connectivity index (χ4n) is 1.91. The molecule has 0 aliphatic rings. The van der Waals surface area contributed by atoms with Gasteiger partial charge in [-0.25, -0.2) is 17.9 Å². The van der Waals surface area contributed by atoms with Gasteiger partial charge in [0.2, 0.25) is 10.0 Å². The zero-order valence-electron chi connectivity index (χ0n) is 11.5. The van der Waals surface area contributed by atoms with Crippen LogP contribution >= 0.6 is 0 Å². The molecule has 0 bridgehead atoms. The van der Waals surface area contributed by atoms with Crippen LogP contribution in [0.4, 0.5) is 10.1 Å². The van der Waals surface area contributed by atoms with E-state index in [2.05, 4.69) is 0 Å². The zero-order chi connectivity index (χ0) is 16.0. The first-order chi connectivity index (χ1) is 9.73. The van der Waals surface area contributed by atoms with Crippen molar-refractivity contribution in [1.29, 1.82) is 0 Å². The van der Waals surface area contributed by atoms with Crippen molar-refractivity contribution in [1.82, 2.24) is 0 Å². The number of nitro benzene ring substituents is 1. The third-order valence-electron chi connectivity index (χ3n) is 2.76. The van der Waals surface area contributed by atoms with Gasteiger partial charge in [-0.2, -0.15) is 0 Å². The number of nitro groups is 1. The molecule has 1 atom stereocenters. The molecule has 0 heterocycles. The number of nitrogens with zero attached hydrogens (tertiary/aromatic N) is 1. The summed E-state index contributed by atoms with van der Waals surface area (Å²) in [5.74, 6) is -1.60. The Hall–Kier alpha value is -1.74. The number of nitrogens with two attached hydrogens (primary N) is 1. The lowest BCUT2D eigenvalue weighted by Gasteiger charge is -2.15. The first kappa shape index (κ1) is 17.3. The van der Waals surface area contributed by atoms with Crippen molar-refractivity contribution in [2.45, 2.75) is 19.8 Å². The van der Waals surface area contributed by atoms with Gasteiger partial charge in [-0.05, 0) is 12.5 Å². The summed E-state index contributed by atoms with van der Waals surface area (Å²) < 4.78 is 40.6. The van der Waals surface area contributed by atoms with Crippen molar-refractivity contribution in [3.05, 3.63) is 34.1 Å². The molecule has 9 heteroatoms. The van der Waals surface area contributed by atoms with E-state index in [9.17, 15) is 22.9 Å². The summed E-state index contributed by atoms with van der Waals surface area (Å²) in [6.07, 6.45) is 1.23. The van der Waals surface area contributed by atoms with Crippen LogP contribution in [-0.4, -0.2) is 25.7 Å². The van der Waals surface area contributed by atoms with E-state index in [1.807, 2.05) is 6.92 Å². The average molecular weight is 320 g/mol. The molecule has 0 fully saturated rings. The van der Waals surface area contributed by atoms with Crippen LogP contribution in [0, 0.1) is 21.8 Å². The highest BCUT2D eigenvalue weighted by Crippen LogP contribution is 2.28. The molecule has 0 amide bonds. The van der Waals surface area contributed by atoms with Gasteiger partial charge in [-0.1, -0.05) is 13.3 Å². The van der Waals surface area contributed by atoms with Gasteiger partial charge >= 0.3 is 5.69 Å². The minimum Gasteiger partial charge on any atom is -0.486 e. The van der Waals surface area contributed by atoms with Gasteiger partial charge in [0, 0.05) is 18.1 Å². The van der Waals surface area contributed by atoms with Gasteiger partial charge < -0.3 is 4.74 Å². The highest BCUT2D eigenvalue weighted by molar-refractivity contribution is 7.89. The van der Waals surface area contributed by atoms with Crippen LogP contribution in [0.5, 0.6) is 5.75 Å². The number of ether oxygens (including phenoxy) is 1. The molecule has 0 saturated carbocycles. The molecule has 1 aromatic carbocycles. The lowest BCUT2D eigenvalue weighted by atomic mass is 10.1. The molecular weight excluding hydrogens is 303 g/mol. The van der Waals surface area contributed by atoms with E-state index in [1.54, 1.807) is 0 Å². The van der Waals surface area contributed by atoms with E-state index < -0.39 is 26.7 Å². The van der Waals surface area contributed by atoms with E-state index in [-0.39, 0.29) is 23.8 Å². The van der Waals surface area contributed by atoms with Gasteiger partial charge in [0.15, 0.2) is 5.75 Å². The van der Waals surface area contributed by atoms with Crippen LogP contribution in [0.3, 0.4) is 0 Å². The van der Waals surface area contributed by atoms with Crippen molar-refractivity contribution in [3.63, 3.8) is 0 Å². The summed E-state index contributed by atoms with van der Waals surface area (Å²) in [6, 6.07) is 2.86. The molecule has 0 aromatic heterocycles. The van der Waals surface area contributed by atoms with Crippen LogP contribution in [0.2, 0.25) is 0 Å². The highest BCUT2D eigenvalue weighted by Gasteiger charge is 2.20. The average Bonchev–Trinajstić information content (AvgIpc) is 2.34. The minimum absolute atomic E-state index is 0.0887. The first-order valence-electron chi connectivity index (χ1n) is 6.30. The number of rotatable bonds is 8. The Labute approximate surface area is 122 Å². The second kappa shape index (κ2) is 7.32. The number of hydrogen-bond donors (Lipinski definition) is 1. The number of sulfonamides is 1. The molecular formula is C12H17FN2O5S. The zero-order valence-corrected chi connectivity index (χ0v) is 12.3. The monoisotopic (exact) mass is 320 g/mol. The van der Waals surface area contributed by atoms with Gasteiger partial charge in [0.25, 0.3) is 0 Å². The van der Waals surface area contributed by atoms with E-state index in [0.717, 1.165) is 18.2 Å². The van der Waals surface area contributed by atoms with Crippen molar-refractivity contribution in [2.75, 3.05) is 12.4 Å². The van der Waals surface area contributed by atoms with Gasteiger partial charge in [0.1, 0.15) is 5.82 Å². The summed E-state index contributed by atoms with van der Waals surface area (Å²) in [7, 11) is -3.67. The third kappa shape index (κ3) is 6.05. The van der Waals surface area contributed by atoms with E-state index in [0.29, 0.717) is 12.8 Å². The lowest BCUT2D eigenvalue weighted by molar-refractivity contribution is -0.386. The largest absolute Gasteiger partial charge is 0.486 e. The number of primary sulfonamides is 1. The second-order valence-corrected chi connectivity index (χ2v) is 6.32. The lowest BCUT2D eigenvalue weighted by Crippen LogP contribution is -2.27. The molecule has 21 heavy (non-hydrogen) atoms. The van der Waals surface area contributed by atoms with Crippen molar-refractivity contribution in [2.24, 2.45) is 11.1 Å². The third-order valence-corrected chi connectivity index (χ3v) is 3.69. The predicted octanol–water partition coefficient (Wildman–Crippen LogP) is 1.82. The molecule has 2 N–H and O–H groups in total. The SMILES string of the molecule is CCCC(COc1cc(F)ccc1[N+](=O)[O-])CS(N)(=O)=O. The van der Waals surface area contributed by atoms with E-state index >= 15 is 0 Å². The molecule has 1 rings (SSSR count). The summed E-state index contributed by atoms with van der Waals surface area (Å²) in [5.41, 5.74) is -0.373. The Kier molecular flexibility index (Phi) is 6.03. The van der Waals surface area contributed by atoms with Crippen LogP contribution in [-0.2, 0) is 10.0 Å². The van der Waals surface area contributed by atoms with E-state index in [4.69, 9.17) is 9.88 Å². The normalized spacial score (nSPS) is 12.9. The molecule has 118 valence electrons. The molecule has 0 spiro atoms. The van der Waals surface area contributed by atoms with Crippen LogP contribution in [0.25, 0.3) is 0 Å². The molecule has 7 nitrogen and oxygen atoms in total. The van der Waals surface area contributed by atoms with Gasteiger partial charge in [-0.15, -0.1) is 0 Å². The van der Waals surface area contributed by atoms with Gasteiger partial charge in [-0.3, -0.25) is 10.1 Å². The van der Waals surface area contributed by atoms with E-state index in [1.165, 1.54) is 0 Å². The molecule has 0 saturated heterocycles. The maximum atomic E-state index is 13.1. The smallest absolute Gasteiger partial charge is 0.311 e. The van der Waals surface area contributed by atoms with Gasteiger partial charge in [0.05, 0.1) is 17.3 Å². The first-order valence-corrected chi connectivity index (χ1v) is 8.01. The molecule has 1 unspecified atom stereocenters. The summed E-state index contributed by atoms with van der Waals surface area (Å²) >= 11 is 0.